The molecule has 106 valence electrons. The molecule has 0 bridgehead atoms. The highest BCUT2D eigenvalue weighted by molar-refractivity contribution is 7.10. The van der Waals surface area contributed by atoms with Crippen molar-refractivity contribution in [2.24, 2.45) is 0 Å². The molecular formula is C16H13NO3S. The van der Waals surface area contributed by atoms with Crippen LogP contribution in [0.4, 0.5) is 0 Å². The molecule has 3 rings (SSSR count). The normalized spacial score (nSPS) is 14.2. The molecule has 0 unspecified atom stereocenters. The molecule has 0 spiro atoms. The average molecular weight is 299 g/mol. The quantitative estimate of drug-likeness (QED) is 0.628. The molecule has 1 aliphatic heterocycles. The van der Waals surface area contributed by atoms with E-state index in [4.69, 9.17) is 4.84 Å². The van der Waals surface area contributed by atoms with Crippen LogP contribution in [0.3, 0.4) is 0 Å². The number of rotatable bonds is 5. The Morgan fingerprint density at radius 2 is 1.76 bits per heavy atom. The van der Waals surface area contributed by atoms with Crippen LogP contribution in [0.25, 0.3) is 6.08 Å². The zero-order valence-corrected chi connectivity index (χ0v) is 12.0. The first-order valence-corrected chi connectivity index (χ1v) is 7.46. The summed E-state index contributed by atoms with van der Waals surface area (Å²) >= 11 is 1.65. The average Bonchev–Trinajstić information content (AvgIpc) is 3.10. The Morgan fingerprint density at radius 3 is 2.38 bits per heavy atom. The van der Waals surface area contributed by atoms with Gasteiger partial charge in [-0.15, -0.1) is 16.4 Å². The maximum atomic E-state index is 12.0. The van der Waals surface area contributed by atoms with Crippen molar-refractivity contribution < 1.29 is 14.4 Å². The van der Waals surface area contributed by atoms with Gasteiger partial charge in [0.25, 0.3) is 11.8 Å². The summed E-state index contributed by atoms with van der Waals surface area (Å²) in [6, 6.07) is 10.7. The molecule has 1 aliphatic rings. The van der Waals surface area contributed by atoms with E-state index in [0.717, 1.165) is 9.94 Å². The predicted molar refractivity (Wildman–Crippen MR) is 80.9 cm³/mol. The molecule has 0 radical (unpaired) electrons. The lowest BCUT2D eigenvalue weighted by atomic mass is 10.1. The molecule has 1 aromatic carbocycles. The maximum absolute atomic E-state index is 12.0. The van der Waals surface area contributed by atoms with E-state index in [9.17, 15) is 9.59 Å². The van der Waals surface area contributed by atoms with Gasteiger partial charge in [0.15, 0.2) is 0 Å². The van der Waals surface area contributed by atoms with E-state index in [1.165, 1.54) is 0 Å². The zero-order chi connectivity index (χ0) is 14.7. The summed E-state index contributed by atoms with van der Waals surface area (Å²) in [6.45, 7) is 0.285. The van der Waals surface area contributed by atoms with Gasteiger partial charge in [-0.05, 0) is 36.1 Å². The number of thiophene rings is 1. The fourth-order valence-corrected chi connectivity index (χ4v) is 2.73. The first kappa shape index (κ1) is 13.7. The number of hydrogen-bond donors (Lipinski definition) is 0. The summed E-state index contributed by atoms with van der Waals surface area (Å²) in [5.41, 5.74) is 0.799. The lowest BCUT2D eigenvalue weighted by Gasteiger charge is -2.12. The number of fused-ring (bicyclic) bond motifs is 1. The number of carbonyl (C=O) groups excluding carboxylic acids is 2. The van der Waals surface area contributed by atoms with E-state index in [1.807, 2.05) is 29.7 Å². The summed E-state index contributed by atoms with van der Waals surface area (Å²) in [6.07, 6.45) is 4.59. The van der Waals surface area contributed by atoms with Crippen molar-refractivity contribution in [1.29, 1.82) is 0 Å². The van der Waals surface area contributed by atoms with Crippen molar-refractivity contribution in [3.63, 3.8) is 0 Å². The van der Waals surface area contributed by atoms with Gasteiger partial charge in [0, 0.05) is 4.88 Å². The maximum Gasteiger partial charge on any atom is 0.285 e. The highest BCUT2D eigenvalue weighted by atomic mass is 32.1. The summed E-state index contributed by atoms with van der Waals surface area (Å²) in [5.74, 6) is -0.782. The number of hydrogen-bond acceptors (Lipinski definition) is 4. The van der Waals surface area contributed by atoms with Crippen molar-refractivity contribution in [2.75, 3.05) is 6.61 Å². The van der Waals surface area contributed by atoms with Crippen LogP contribution in [0.5, 0.6) is 0 Å². The molecule has 0 fully saturated rings. The molecule has 0 atom stereocenters. The van der Waals surface area contributed by atoms with Gasteiger partial charge >= 0.3 is 0 Å². The number of carbonyl (C=O) groups is 2. The molecule has 0 saturated heterocycles. The van der Waals surface area contributed by atoms with Crippen LogP contribution in [0.1, 0.15) is 32.0 Å². The third-order valence-electron chi connectivity index (χ3n) is 3.09. The van der Waals surface area contributed by atoms with Gasteiger partial charge in [-0.1, -0.05) is 24.3 Å². The lowest BCUT2D eigenvalue weighted by molar-refractivity contribution is -0.0896. The third-order valence-corrected chi connectivity index (χ3v) is 3.92. The highest BCUT2D eigenvalue weighted by Crippen LogP contribution is 2.22. The minimum absolute atomic E-state index is 0.285. The fraction of sp³-hybridized carbons (Fsp3) is 0.125. The molecule has 2 aromatic rings. The summed E-state index contributed by atoms with van der Waals surface area (Å²) in [4.78, 5) is 30.5. The molecule has 0 saturated carbocycles. The first-order valence-electron chi connectivity index (χ1n) is 6.58. The number of hydroxylamine groups is 2. The molecule has 1 aromatic heterocycles. The van der Waals surface area contributed by atoms with Crippen LogP contribution >= 0.6 is 11.3 Å². The van der Waals surface area contributed by atoms with Crippen molar-refractivity contribution in [3.8, 4) is 0 Å². The predicted octanol–water partition coefficient (Wildman–Crippen LogP) is 3.38. The number of nitrogens with zero attached hydrogens (tertiary/aromatic N) is 1. The largest absolute Gasteiger partial charge is 0.285 e. The van der Waals surface area contributed by atoms with Crippen molar-refractivity contribution in [3.05, 3.63) is 63.9 Å². The Kier molecular flexibility index (Phi) is 3.94. The van der Waals surface area contributed by atoms with Crippen LogP contribution in [0.2, 0.25) is 0 Å². The first-order chi connectivity index (χ1) is 10.3. The molecule has 0 aliphatic carbocycles. The molecule has 21 heavy (non-hydrogen) atoms. The minimum atomic E-state index is -0.391. The van der Waals surface area contributed by atoms with Crippen molar-refractivity contribution in [2.45, 2.75) is 6.42 Å². The highest BCUT2D eigenvalue weighted by Gasteiger charge is 2.36. The van der Waals surface area contributed by atoms with Gasteiger partial charge in [-0.2, -0.15) is 0 Å². The second-order valence-electron chi connectivity index (χ2n) is 4.49. The number of amides is 2. The number of imide groups is 1. The zero-order valence-electron chi connectivity index (χ0n) is 11.2. The summed E-state index contributed by atoms with van der Waals surface area (Å²) in [5, 5.41) is 2.86. The van der Waals surface area contributed by atoms with Crippen LogP contribution < -0.4 is 0 Å². The van der Waals surface area contributed by atoms with Gasteiger partial charge < -0.3 is 0 Å². The van der Waals surface area contributed by atoms with Crippen LogP contribution in [0.15, 0.2) is 47.9 Å². The van der Waals surface area contributed by atoms with E-state index < -0.39 is 11.8 Å². The summed E-state index contributed by atoms with van der Waals surface area (Å²) in [7, 11) is 0. The van der Waals surface area contributed by atoms with E-state index in [-0.39, 0.29) is 6.61 Å². The van der Waals surface area contributed by atoms with Gasteiger partial charge in [0.2, 0.25) is 0 Å². The van der Waals surface area contributed by atoms with Crippen LogP contribution in [-0.2, 0) is 4.84 Å². The molecule has 5 heteroatoms. The van der Waals surface area contributed by atoms with Crippen molar-refractivity contribution in [1.82, 2.24) is 5.06 Å². The molecular weight excluding hydrogens is 286 g/mol. The second-order valence-corrected chi connectivity index (χ2v) is 5.47. The Morgan fingerprint density at radius 1 is 1.05 bits per heavy atom. The Balaban J connectivity index is 1.55. The molecule has 2 heterocycles. The Hall–Kier alpha value is -2.24. The Bertz CT molecular complexity index is 656. The van der Waals surface area contributed by atoms with E-state index in [0.29, 0.717) is 17.5 Å². The summed E-state index contributed by atoms with van der Waals surface area (Å²) < 4.78 is 0. The van der Waals surface area contributed by atoms with E-state index >= 15 is 0 Å². The Labute approximate surface area is 126 Å². The molecule has 2 amide bonds. The molecule has 0 N–H and O–H groups in total. The molecule has 4 nitrogen and oxygen atoms in total. The van der Waals surface area contributed by atoms with Gasteiger partial charge in [-0.25, -0.2) is 0 Å². The van der Waals surface area contributed by atoms with Crippen LogP contribution in [-0.4, -0.2) is 23.5 Å². The smallest absolute Gasteiger partial charge is 0.266 e. The lowest BCUT2D eigenvalue weighted by Crippen LogP contribution is -2.30. The SMILES string of the molecule is O=C1c2ccccc2C(=O)N1OCCC=Cc1cccs1. The second kappa shape index (κ2) is 6.03. The van der Waals surface area contributed by atoms with Gasteiger partial charge in [0.1, 0.15) is 0 Å². The standard InChI is InChI=1S/C16H13NO3S/c18-15-13-8-1-2-9-14(13)16(19)17(15)20-10-4-3-6-12-7-5-11-21-12/h1-3,5-9,11H,4,10H2. The monoisotopic (exact) mass is 299 g/mol. The fourth-order valence-electron chi connectivity index (χ4n) is 2.08. The number of benzene rings is 1. The van der Waals surface area contributed by atoms with Gasteiger partial charge in [0.05, 0.1) is 17.7 Å². The third kappa shape index (κ3) is 2.79. The van der Waals surface area contributed by atoms with E-state index in [1.54, 1.807) is 35.6 Å². The van der Waals surface area contributed by atoms with Crippen LogP contribution in [0, 0.1) is 0 Å². The van der Waals surface area contributed by atoms with E-state index in [2.05, 4.69) is 0 Å². The topological polar surface area (TPSA) is 46.6 Å². The van der Waals surface area contributed by atoms with Gasteiger partial charge in [-0.3, -0.25) is 14.4 Å². The van der Waals surface area contributed by atoms with Crippen molar-refractivity contribution >= 4 is 29.2 Å². The minimum Gasteiger partial charge on any atom is -0.266 e.